The second kappa shape index (κ2) is 5.01. The van der Waals surface area contributed by atoms with Crippen molar-refractivity contribution in [2.45, 2.75) is 38.8 Å². The lowest BCUT2D eigenvalue weighted by Gasteiger charge is -2.04. The molecule has 5 nitrogen and oxygen atoms in total. The van der Waals surface area contributed by atoms with Crippen LogP contribution in [0, 0.1) is 0 Å². The van der Waals surface area contributed by atoms with Gasteiger partial charge in [-0.25, -0.2) is 0 Å². The zero-order valence-corrected chi connectivity index (χ0v) is 9.48. The summed E-state index contributed by atoms with van der Waals surface area (Å²) in [7, 11) is 0. The van der Waals surface area contributed by atoms with E-state index < -0.39 is 0 Å². The van der Waals surface area contributed by atoms with Crippen LogP contribution in [0.25, 0.3) is 0 Å². The average molecular weight is 223 g/mol. The van der Waals surface area contributed by atoms with Crippen molar-refractivity contribution >= 4 is 5.91 Å². The van der Waals surface area contributed by atoms with E-state index in [1.165, 1.54) is 0 Å². The van der Waals surface area contributed by atoms with Crippen molar-refractivity contribution in [3.63, 3.8) is 0 Å². The highest BCUT2D eigenvalue weighted by atomic mass is 16.5. The minimum Gasteiger partial charge on any atom is -0.490 e. The smallest absolute Gasteiger partial charge is 0.223 e. The van der Waals surface area contributed by atoms with Crippen LogP contribution in [0.5, 0.6) is 5.75 Å². The van der Waals surface area contributed by atoms with Crippen LogP contribution in [-0.2, 0) is 11.3 Å². The SMILES string of the molecule is CCn1cc(OCCC(=O)NC2CC2)cn1. The van der Waals surface area contributed by atoms with Gasteiger partial charge >= 0.3 is 0 Å². The minimum absolute atomic E-state index is 0.0744. The largest absolute Gasteiger partial charge is 0.490 e. The van der Waals surface area contributed by atoms with E-state index in [-0.39, 0.29) is 5.91 Å². The summed E-state index contributed by atoms with van der Waals surface area (Å²) in [6, 6.07) is 0.426. The van der Waals surface area contributed by atoms with Gasteiger partial charge in [0.1, 0.15) is 0 Å². The van der Waals surface area contributed by atoms with Crippen LogP contribution in [0.3, 0.4) is 0 Å². The fourth-order valence-electron chi connectivity index (χ4n) is 1.38. The molecule has 1 aliphatic carbocycles. The number of aromatic nitrogens is 2. The molecule has 0 unspecified atom stereocenters. The topological polar surface area (TPSA) is 56.1 Å². The van der Waals surface area contributed by atoms with Crippen LogP contribution in [0.1, 0.15) is 26.2 Å². The van der Waals surface area contributed by atoms with E-state index in [9.17, 15) is 4.79 Å². The maximum Gasteiger partial charge on any atom is 0.223 e. The van der Waals surface area contributed by atoms with Gasteiger partial charge in [0.25, 0.3) is 0 Å². The van der Waals surface area contributed by atoms with Crippen molar-refractivity contribution in [3.05, 3.63) is 12.4 Å². The van der Waals surface area contributed by atoms with Gasteiger partial charge in [0.05, 0.1) is 25.4 Å². The summed E-state index contributed by atoms with van der Waals surface area (Å²) in [5.41, 5.74) is 0. The third-order valence-corrected chi connectivity index (χ3v) is 2.47. The quantitative estimate of drug-likeness (QED) is 0.781. The number of carbonyl (C=O) groups excluding carboxylic acids is 1. The molecule has 16 heavy (non-hydrogen) atoms. The Labute approximate surface area is 94.8 Å². The number of hydrogen-bond acceptors (Lipinski definition) is 3. The minimum atomic E-state index is 0.0744. The summed E-state index contributed by atoms with van der Waals surface area (Å²) >= 11 is 0. The Bertz CT molecular complexity index is 358. The molecular formula is C11H17N3O2. The zero-order chi connectivity index (χ0) is 11.4. The van der Waals surface area contributed by atoms with Crippen molar-refractivity contribution < 1.29 is 9.53 Å². The Hall–Kier alpha value is -1.52. The highest BCUT2D eigenvalue weighted by Crippen LogP contribution is 2.18. The van der Waals surface area contributed by atoms with Crippen molar-refractivity contribution in [3.8, 4) is 5.75 Å². The molecule has 1 N–H and O–H groups in total. The van der Waals surface area contributed by atoms with Gasteiger partial charge in [-0.05, 0) is 19.8 Å². The molecule has 5 heteroatoms. The van der Waals surface area contributed by atoms with E-state index in [0.717, 1.165) is 25.1 Å². The highest BCUT2D eigenvalue weighted by molar-refractivity contribution is 5.76. The lowest BCUT2D eigenvalue weighted by Crippen LogP contribution is -2.26. The molecule has 0 atom stereocenters. The molecule has 88 valence electrons. The molecule has 1 amide bonds. The Morgan fingerprint density at radius 1 is 1.69 bits per heavy atom. The van der Waals surface area contributed by atoms with Crippen LogP contribution < -0.4 is 10.1 Å². The summed E-state index contributed by atoms with van der Waals surface area (Å²) in [6.45, 7) is 3.25. The van der Waals surface area contributed by atoms with E-state index in [2.05, 4.69) is 10.4 Å². The third kappa shape index (κ3) is 3.25. The fourth-order valence-corrected chi connectivity index (χ4v) is 1.38. The molecule has 0 radical (unpaired) electrons. The Balaban J connectivity index is 1.64. The van der Waals surface area contributed by atoms with Gasteiger partial charge in [0, 0.05) is 12.6 Å². The van der Waals surface area contributed by atoms with Crippen LogP contribution in [-0.4, -0.2) is 28.3 Å². The van der Waals surface area contributed by atoms with Gasteiger partial charge in [0.15, 0.2) is 5.75 Å². The van der Waals surface area contributed by atoms with Crippen molar-refractivity contribution in [2.75, 3.05) is 6.61 Å². The molecule has 1 aromatic heterocycles. The number of carbonyl (C=O) groups is 1. The second-order valence-electron chi connectivity index (χ2n) is 3.97. The molecule has 0 aliphatic heterocycles. The first-order valence-electron chi connectivity index (χ1n) is 5.72. The number of hydrogen-bond donors (Lipinski definition) is 1. The third-order valence-electron chi connectivity index (χ3n) is 2.47. The summed E-state index contributed by atoms with van der Waals surface area (Å²) in [5, 5.41) is 7.00. The normalized spacial score (nSPS) is 14.8. The number of rotatable bonds is 6. The number of ether oxygens (including phenoxy) is 1. The van der Waals surface area contributed by atoms with Gasteiger partial charge in [-0.3, -0.25) is 9.48 Å². The van der Waals surface area contributed by atoms with Gasteiger partial charge in [0.2, 0.25) is 5.91 Å². The molecule has 1 aromatic rings. The number of amides is 1. The lowest BCUT2D eigenvalue weighted by molar-refractivity contribution is -0.121. The van der Waals surface area contributed by atoms with E-state index in [1.54, 1.807) is 10.9 Å². The number of nitrogens with zero attached hydrogens (tertiary/aromatic N) is 2. The molecule has 1 fully saturated rings. The van der Waals surface area contributed by atoms with E-state index in [4.69, 9.17) is 4.74 Å². The Morgan fingerprint density at radius 3 is 3.12 bits per heavy atom. The van der Waals surface area contributed by atoms with E-state index in [0.29, 0.717) is 19.1 Å². The van der Waals surface area contributed by atoms with E-state index >= 15 is 0 Å². The van der Waals surface area contributed by atoms with Crippen LogP contribution >= 0.6 is 0 Å². The molecule has 0 spiro atoms. The number of aryl methyl sites for hydroxylation is 1. The van der Waals surface area contributed by atoms with Gasteiger partial charge < -0.3 is 10.1 Å². The van der Waals surface area contributed by atoms with Crippen molar-refractivity contribution in [2.24, 2.45) is 0 Å². The van der Waals surface area contributed by atoms with Crippen molar-refractivity contribution in [1.29, 1.82) is 0 Å². The van der Waals surface area contributed by atoms with E-state index in [1.807, 2.05) is 13.1 Å². The predicted octanol–water partition coefficient (Wildman–Crippen LogP) is 0.950. The summed E-state index contributed by atoms with van der Waals surface area (Å²) in [4.78, 5) is 11.3. The summed E-state index contributed by atoms with van der Waals surface area (Å²) < 4.78 is 7.21. The molecule has 1 saturated carbocycles. The standard InChI is InChI=1S/C11H17N3O2/c1-2-14-8-10(7-12-14)16-6-5-11(15)13-9-3-4-9/h7-9H,2-6H2,1H3,(H,13,15). The fraction of sp³-hybridized carbons (Fsp3) is 0.636. The van der Waals surface area contributed by atoms with Gasteiger partial charge in [-0.2, -0.15) is 5.10 Å². The first kappa shape index (κ1) is 11.0. The molecule has 1 heterocycles. The monoisotopic (exact) mass is 223 g/mol. The molecular weight excluding hydrogens is 206 g/mol. The molecule has 1 aliphatic rings. The maximum atomic E-state index is 11.3. The Morgan fingerprint density at radius 2 is 2.50 bits per heavy atom. The zero-order valence-electron chi connectivity index (χ0n) is 9.48. The van der Waals surface area contributed by atoms with Crippen LogP contribution in [0.2, 0.25) is 0 Å². The Kier molecular flexibility index (Phi) is 3.44. The van der Waals surface area contributed by atoms with Crippen LogP contribution in [0.15, 0.2) is 12.4 Å². The lowest BCUT2D eigenvalue weighted by atomic mass is 10.4. The van der Waals surface area contributed by atoms with Crippen LogP contribution in [0.4, 0.5) is 0 Å². The summed E-state index contributed by atoms with van der Waals surface area (Å²) in [5.74, 6) is 0.798. The van der Waals surface area contributed by atoms with Gasteiger partial charge in [-0.15, -0.1) is 0 Å². The highest BCUT2D eigenvalue weighted by Gasteiger charge is 2.22. The molecule has 0 saturated heterocycles. The predicted molar refractivity (Wildman–Crippen MR) is 59.2 cm³/mol. The second-order valence-corrected chi connectivity index (χ2v) is 3.97. The van der Waals surface area contributed by atoms with Crippen molar-refractivity contribution in [1.82, 2.24) is 15.1 Å². The number of nitrogens with one attached hydrogen (secondary N) is 1. The first-order chi connectivity index (χ1) is 7.78. The maximum absolute atomic E-state index is 11.3. The molecule has 0 aromatic carbocycles. The summed E-state index contributed by atoms with van der Waals surface area (Å²) in [6.07, 6.45) is 6.15. The van der Waals surface area contributed by atoms with Gasteiger partial charge in [-0.1, -0.05) is 0 Å². The first-order valence-corrected chi connectivity index (χ1v) is 5.72. The molecule has 0 bridgehead atoms. The average Bonchev–Trinajstić information content (AvgIpc) is 2.96. The molecule has 2 rings (SSSR count).